The summed E-state index contributed by atoms with van der Waals surface area (Å²) in [6.07, 6.45) is 0. The number of rotatable bonds is 2. The predicted octanol–water partition coefficient (Wildman–Crippen LogP) is 2.63. The number of halogens is 2. The largest absolute Gasteiger partial charge is 0.392 e. The molecule has 2 N–H and O–H groups in total. The minimum absolute atomic E-state index is 0.0328. The molecule has 1 fully saturated rings. The van der Waals surface area contributed by atoms with Gasteiger partial charge < -0.3 is 10.6 Å². The van der Waals surface area contributed by atoms with E-state index in [4.69, 9.17) is 5.73 Å². The smallest absolute Gasteiger partial charge is 0.296 e. The van der Waals surface area contributed by atoms with Gasteiger partial charge in [-0.25, -0.2) is 4.39 Å². The van der Waals surface area contributed by atoms with Crippen molar-refractivity contribution in [1.29, 1.82) is 0 Å². The molecule has 0 atom stereocenters. The highest BCUT2D eigenvalue weighted by molar-refractivity contribution is 9.10. The summed E-state index contributed by atoms with van der Waals surface area (Å²) in [7, 11) is 0. The number of thioether (sulfide) groups is 1. The minimum atomic E-state index is -0.682. The van der Waals surface area contributed by atoms with E-state index in [0.29, 0.717) is 18.8 Å². The van der Waals surface area contributed by atoms with Gasteiger partial charge in [-0.1, -0.05) is 0 Å². The zero-order valence-electron chi connectivity index (χ0n) is 9.36. The fraction of sp³-hybridized carbons (Fsp3) is 0.400. The fourth-order valence-electron chi connectivity index (χ4n) is 1.84. The molecule has 0 spiro atoms. The maximum atomic E-state index is 14.0. The Morgan fingerprint density at radius 2 is 2.11 bits per heavy atom. The van der Waals surface area contributed by atoms with Crippen LogP contribution in [0.3, 0.4) is 0 Å². The van der Waals surface area contributed by atoms with Gasteiger partial charge in [0.05, 0.1) is 21.1 Å². The van der Waals surface area contributed by atoms with Gasteiger partial charge in [0.25, 0.3) is 5.69 Å². The Labute approximate surface area is 116 Å². The summed E-state index contributed by atoms with van der Waals surface area (Å²) in [4.78, 5) is 11.9. The van der Waals surface area contributed by atoms with Gasteiger partial charge in [-0.2, -0.15) is 11.8 Å². The van der Waals surface area contributed by atoms with E-state index in [0.717, 1.165) is 17.6 Å². The van der Waals surface area contributed by atoms with Crippen LogP contribution < -0.4 is 10.6 Å². The van der Waals surface area contributed by atoms with Crippen molar-refractivity contribution in [2.45, 2.75) is 0 Å². The van der Waals surface area contributed by atoms with E-state index in [2.05, 4.69) is 15.9 Å². The standard InChI is InChI=1S/C10H11BrFN3O2S/c11-8-9(13)7(15(16)17)5-6(12)10(8)14-1-3-18-4-2-14/h5H,1-4,13H2. The van der Waals surface area contributed by atoms with Crippen molar-refractivity contribution in [2.24, 2.45) is 0 Å². The Morgan fingerprint density at radius 1 is 1.50 bits per heavy atom. The summed E-state index contributed by atoms with van der Waals surface area (Å²) in [5.41, 5.74) is 5.55. The lowest BCUT2D eigenvalue weighted by atomic mass is 10.2. The number of anilines is 2. The lowest BCUT2D eigenvalue weighted by Crippen LogP contribution is -2.33. The van der Waals surface area contributed by atoms with Crippen molar-refractivity contribution in [3.05, 3.63) is 26.5 Å². The van der Waals surface area contributed by atoms with E-state index in [1.807, 2.05) is 4.90 Å². The average Bonchev–Trinajstić information content (AvgIpc) is 2.35. The number of nitrogen functional groups attached to an aromatic ring is 1. The van der Waals surface area contributed by atoms with Crippen LogP contribution in [0.2, 0.25) is 0 Å². The van der Waals surface area contributed by atoms with Crippen LogP contribution in [0.4, 0.5) is 21.5 Å². The van der Waals surface area contributed by atoms with E-state index >= 15 is 0 Å². The lowest BCUT2D eigenvalue weighted by Gasteiger charge is -2.29. The van der Waals surface area contributed by atoms with Gasteiger partial charge in [0, 0.05) is 24.6 Å². The van der Waals surface area contributed by atoms with Crippen molar-refractivity contribution < 1.29 is 9.31 Å². The first kappa shape index (κ1) is 13.4. The number of nitrogens with two attached hydrogens (primary N) is 1. The highest BCUT2D eigenvalue weighted by atomic mass is 79.9. The molecule has 1 aliphatic heterocycles. The molecule has 1 aromatic carbocycles. The van der Waals surface area contributed by atoms with Crippen LogP contribution in [0.5, 0.6) is 0 Å². The molecule has 2 rings (SSSR count). The van der Waals surface area contributed by atoms with Crippen LogP contribution in [0.25, 0.3) is 0 Å². The van der Waals surface area contributed by atoms with Gasteiger partial charge in [-0.05, 0) is 15.9 Å². The van der Waals surface area contributed by atoms with E-state index in [1.54, 1.807) is 11.8 Å². The topological polar surface area (TPSA) is 72.4 Å². The molecular formula is C10H11BrFN3O2S. The molecule has 0 saturated carbocycles. The van der Waals surface area contributed by atoms with Crippen molar-refractivity contribution in [3.63, 3.8) is 0 Å². The molecule has 0 amide bonds. The van der Waals surface area contributed by atoms with Crippen molar-refractivity contribution in [3.8, 4) is 0 Å². The molecule has 1 aliphatic rings. The van der Waals surface area contributed by atoms with Crippen molar-refractivity contribution in [2.75, 3.05) is 35.2 Å². The minimum Gasteiger partial charge on any atom is -0.392 e. The van der Waals surface area contributed by atoms with E-state index in [1.165, 1.54) is 0 Å². The summed E-state index contributed by atoms with van der Waals surface area (Å²) in [5.74, 6) is 1.20. The molecule has 1 saturated heterocycles. The van der Waals surface area contributed by atoms with E-state index < -0.39 is 16.4 Å². The molecule has 18 heavy (non-hydrogen) atoms. The highest BCUT2D eigenvalue weighted by Gasteiger charge is 2.25. The Morgan fingerprint density at radius 3 is 2.67 bits per heavy atom. The van der Waals surface area contributed by atoms with Gasteiger partial charge in [0.1, 0.15) is 5.69 Å². The van der Waals surface area contributed by atoms with Crippen LogP contribution in [0.1, 0.15) is 0 Å². The predicted molar refractivity (Wildman–Crippen MR) is 74.7 cm³/mol. The van der Waals surface area contributed by atoms with Crippen LogP contribution in [-0.2, 0) is 0 Å². The number of hydrogen-bond acceptors (Lipinski definition) is 5. The summed E-state index contributed by atoms with van der Waals surface area (Å²) >= 11 is 4.97. The molecule has 0 unspecified atom stereocenters. The highest BCUT2D eigenvalue weighted by Crippen LogP contribution is 2.40. The molecule has 0 bridgehead atoms. The van der Waals surface area contributed by atoms with Crippen LogP contribution >= 0.6 is 27.7 Å². The van der Waals surface area contributed by atoms with Crippen molar-refractivity contribution >= 4 is 44.8 Å². The third-order valence-electron chi connectivity index (χ3n) is 2.73. The number of hydrogen-bond donors (Lipinski definition) is 1. The number of benzene rings is 1. The number of nitro benzene ring substituents is 1. The number of nitro groups is 1. The molecule has 0 aromatic heterocycles. The SMILES string of the molecule is Nc1c([N+](=O)[O-])cc(F)c(N2CCSCC2)c1Br. The zero-order chi connectivity index (χ0) is 13.3. The second-order valence-electron chi connectivity index (χ2n) is 3.81. The van der Waals surface area contributed by atoms with E-state index in [-0.39, 0.29) is 10.2 Å². The van der Waals surface area contributed by atoms with Gasteiger partial charge in [0.2, 0.25) is 0 Å². The Balaban J connectivity index is 2.48. The third kappa shape index (κ3) is 2.39. The second kappa shape index (κ2) is 5.31. The van der Waals surface area contributed by atoms with Crippen LogP contribution in [-0.4, -0.2) is 29.5 Å². The second-order valence-corrected chi connectivity index (χ2v) is 5.83. The first-order valence-electron chi connectivity index (χ1n) is 5.27. The molecule has 98 valence electrons. The summed E-state index contributed by atoms with van der Waals surface area (Å²) < 4.78 is 14.3. The van der Waals surface area contributed by atoms with Gasteiger partial charge in [0.15, 0.2) is 5.82 Å². The molecule has 0 aliphatic carbocycles. The Bertz CT molecular complexity index is 495. The molecule has 8 heteroatoms. The quantitative estimate of drug-likeness (QED) is 0.511. The molecule has 5 nitrogen and oxygen atoms in total. The molecule has 1 heterocycles. The van der Waals surface area contributed by atoms with Crippen LogP contribution in [0.15, 0.2) is 10.5 Å². The summed E-state index contributed by atoms with van der Waals surface area (Å²) in [6, 6.07) is 0.886. The van der Waals surface area contributed by atoms with Gasteiger partial charge in [-0.15, -0.1) is 0 Å². The van der Waals surface area contributed by atoms with Crippen molar-refractivity contribution in [1.82, 2.24) is 0 Å². The molecule has 0 radical (unpaired) electrons. The first-order chi connectivity index (χ1) is 8.52. The molecule has 1 aromatic rings. The summed E-state index contributed by atoms with van der Waals surface area (Å²) in [6.45, 7) is 1.41. The first-order valence-corrected chi connectivity index (χ1v) is 7.21. The Hall–Kier alpha value is -1.02. The summed E-state index contributed by atoms with van der Waals surface area (Å²) in [5, 5.41) is 10.7. The monoisotopic (exact) mass is 335 g/mol. The number of nitrogens with zero attached hydrogens (tertiary/aromatic N) is 2. The fourth-order valence-corrected chi connectivity index (χ4v) is 3.39. The maximum Gasteiger partial charge on any atom is 0.296 e. The van der Waals surface area contributed by atoms with Crippen LogP contribution in [0, 0.1) is 15.9 Å². The zero-order valence-corrected chi connectivity index (χ0v) is 11.8. The normalized spacial score (nSPS) is 15.8. The maximum absolute atomic E-state index is 14.0. The lowest BCUT2D eigenvalue weighted by molar-refractivity contribution is -0.384. The van der Waals surface area contributed by atoms with Gasteiger partial charge in [-0.3, -0.25) is 10.1 Å². The van der Waals surface area contributed by atoms with E-state index in [9.17, 15) is 14.5 Å². The third-order valence-corrected chi connectivity index (χ3v) is 4.48. The average molecular weight is 336 g/mol. The van der Waals surface area contributed by atoms with Gasteiger partial charge >= 0.3 is 0 Å². The molecular weight excluding hydrogens is 325 g/mol. The Kier molecular flexibility index (Phi) is 3.96.